The predicted molar refractivity (Wildman–Crippen MR) is 61.8 cm³/mol. The van der Waals surface area contributed by atoms with Crippen molar-refractivity contribution in [2.24, 2.45) is 0 Å². The zero-order valence-corrected chi connectivity index (χ0v) is 9.46. The molecule has 2 heterocycles. The van der Waals surface area contributed by atoms with Crippen molar-refractivity contribution in [3.8, 4) is 11.4 Å². The molecule has 0 spiro atoms. The molecule has 2 aromatic heterocycles. The van der Waals surface area contributed by atoms with Crippen LogP contribution in [0.15, 0.2) is 30.6 Å². The van der Waals surface area contributed by atoms with Crippen LogP contribution in [0.2, 0.25) is 0 Å². The Hall–Kier alpha value is -1.68. The molecule has 0 aromatic carbocycles. The van der Waals surface area contributed by atoms with Crippen LogP contribution in [0.5, 0.6) is 0 Å². The van der Waals surface area contributed by atoms with E-state index in [4.69, 9.17) is 0 Å². The number of rotatable bonds is 3. The van der Waals surface area contributed by atoms with E-state index in [-0.39, 0.29) is 6.61 Å². The molecule has 0 unspecified atom stereocenters. The highest BCUT2D eigenvalue weighted by Gasteiger charge is 2.09. The number of aliphatic hydroxyl groups is 1. The molecule has 0 radical (unpaired) electrons. The molecule has 0 aliphatic rings. The van der Waals surface area contributed by atoms with Crippen molar-refractivity contribution >= 4 is 0 Å². The minimum atomic E-state index is -0.0162. The van der Waals surface area contributed by atoms with E-state index >= 15 is 0 Å². The Morgan fingerprint density at radius 1 is 1.38 bits per heavy atom. The van der Waals surface area contributed by atoms with Crippen LogP contribution >= 0.6 is 0 Å². The number of nitrogens with zero attached hydrogens (tertiary/aromatic N) is 3. The maximum absolute atomic E-state index is 9.22. The molecular weight excluding hydrogens is 202 g/mol. The van der Waals surface area contributed by atoms with Crippen LogP contribution < -0.4 is 0 Å². The first kappa shape index (κ1) is 10.8. The lowest BCUT2D eigenvalue weighted by Crippen LogP contribution is -2.01. The highest BCUT2D eigenvalue weighted by Crippen LogP contribution is 2.19. The van der Waals surface area contributed by atoms with E-state index in [1.165, 1.54) is 0 Å². The Morgan fingerprint density at radius 3 is 2.81 bits per heavy atom. The molecule has 0 atom stereocenters. The molecule has 2 rings (SSSR count). The van der Waals surface area contributed by atoms with Gasteiger partial charge in [0.2, 0.25) is 0 Å². The van der Waals surface area contributed by atoms with Crippen molar-refractivity contribution in [3.63, 3.8) is 0 Å². The average molecular weight is 217 g/mol. The number of hydrogen-bond donors (Lipinski definition) is 1. The van der Waals surface area contributed by atoms with Crippen molar-refractivity contribution in [1.29, 1.82) is 0 Å². The van der Waals surface area contributed by atoms with Gasteiger partial charge in [-0.1, -0.05) is 6.07 Å². The van der Waals surface area contributed by atoms with Gasteiger partial charge in [0.15, 0.2) is 0 Å². The summed E-state index contributed by atoms with van der Waals surface area (Å²) >= 11 is 0. The number of hydrogen-bond acceptors (Lipinski definition) is 3. The van der Waals surface area contributed by atoms with Gasteiger partial charge in [0.05, 0.1) is 12.3 Å². The summed E-state index contributed by atoms with van der Waals surface area (Å²) in [4.78, 5) is 4.26. The smallest absolute Gasteiger partial charge is 0.111 e. The lowest BCUT2D eigenvalue weighted by atomic mass is 10.1. The van der Waals surface area contributed by atoms with E-state index in [0.717, 1.165) is 17.0 Å². The van der Waals surface area contributed by atoms with Crippen molar-refractivity contribution in [2.45, 2.75) is 26.5 Å². The molecule has 0 aliphatic carbocycles. The van der Waals surface area contributed by atoms with Gasteiger partial charge in [0, 0.05) is 24.0 Å². The summed E-state index contributed by atoms with van der Waals surface area (Å²) in [6, 6.07) is 5.92. The first-order valence-corrected chi connectivity index (χ1v) is 5.32. The molecule has 1 N–H and O–H groups in total. The number of pyridine rings is 1. The number of aliphatic hydroxyl groups excluding tert-OH is 1. The second-order valence-corrected chi connectivity index (χ2v) is 3.94. The molecule has 0 saturated carbocycles. The van der Waals surface area contributed by atoms with Crippen LogP contribution in [0, 0.1) is 0 Å². The zero-order valence-electron chi connectivity index (χ0n) is 9.46. The molecule has 0 bridgehead atoms. The molecule has 4 heteroatoms. The van der Waals surface area contributed by atoms with E-state index in [0.29, 0.717) is 6.04 Å². The maximum Gasteiger partial charge on any atom is 0.111 e. The predicted octanol–water partition coefficient (Wildman–Crippen LogP) is 2.02. The molecule has 4 nitrogen and oxygen atoms in total. The molecule has 0 fully saturated rings. The molecular formula is C12H15N3O. The summed E-state index contributed by atoms with van der Waals surface area (Å²) in [7, 11) is 0. The molecule has 16 heavy (non-hydrogen) atoms. The lowest BCUT2D eigenvalue weighted by Gasteiger charge is -2.05. The largest absolute Gasteiger partial charge is 0.392 e. The van der Waals surface area contributed by atoms with Crippen LogP contribution in [-0.2, 0) is 6.61 Å². The third kappa shape index (κ3) is 1.97. The highest BCUT2D eigenvalue weighted by atomic mass is 16.3. The second kappa shape index (κ2) is 4.45. The number of aromatic nitrogens is 3. The van der Waals surface area contributed by atoms with Crippen molar-refractivity contribution in [2.75, 3.05) is 0 Å². The van der Waals surface area contributed by atoms with Crippen LogP contribution in [0.4, 0.5) is 0 Å². The fourth-order valence-electron chi connectivity index (χ4n) is 1.55. The Bertz CT molecular complexity index is 477. The van der Waals surface area contributed by atoms with E-state index in [1.807, 2.05) is 29.1 Å². The van der Waals surface area contributed by atoms with Gasteiger partial charge < -0.3 is 5.11 Å². The lowest BCUT2D eigenvalue weighted by molar-refractivity contribution is 0.282. The summed E-state index contributed by atoms with van der Waals surface area (Å²) in [5.74, 6) is 0. The third-order valence-corrected chi connectivity index (χ3v) is 2.44. The first-order chi connectivity index (χ1) is 7.72. The van der Waals surface area contributed by atoms with Gasteiger partial charge in [-0.3, -0.25) is 9.67 Å². The van der Waals surface area contributed by atoms with Gasteiger partial charge in [0.1, 0.15) is 5.69 Å². The average Bonchev–Trinajstić information content (AvgIpc) is 2.78. The summed E-state index contributed by atoms with van der Waals surface area (Å²) in [6.45, 7) is 4.13. The third-order valence-electron chi connectivity index (χ3n) is 2.44. The molecule has 0 amide bonds. The molecule has 2 aromatic rings. The van der Waals surface area contributed by atoms with Gasteiger partial charge >= 0.3 is 0 Å². The zero-order chi connectivity index (χ0) is 11.5. The fourth-order valence-corrected chi connectivity index (χ4v) is 1.55. The standard InChI is InChI=1S/C12H15N3O/c1-9(2)15-7-5-11(14-15)12-10(8-16)4-3-6-13-12/h3-7,9,16H,8H2,1-2H3. The highest BCUT2D eigenvalue weighted by molar-refractivity contribution is 5.57. The summed E-state index contributed by atoms with van der Waals surface area (Å²) in [5, 5.41) is 13.7. The van der Waals surface area contributed by atoms with Crippen molar-refractivity contribution in [1.82, 2.24) is 14.8 Å². The van der Waals surface area contributed by atoms with Crippen LogP contribution in [0.3, 0.4) is 0 Å². The van der Waals surface area contributed by atoms with Crippen LogP contribution in [0.25, 0.3) is 11.4 Å². The normalized spacial score (nSPS) is 11.0. The summed E-state index contributed by atoms with van der Waals surface area (Å²) in [5.41, 5.74) is 2.36. The van der Waals surface area contributed by atoms with Gasteiger partial charge in [-0.05, 0) is 26.0 Å². The van der Waals surface area contributed by atoms with Gasteiger partial charge in [-0.2, -0.15) is 5.10 Å². The maximum atomic E-state index is 9.22. The van der Waals surface area contributed by atoms with Crippen LogP contribution in [-0.4, -0.2) is 19.9 Å². The Balaban J connectivity index is 2.42. The van der Waals surface area contributed by atoms with Gasteiger partial charge in [-0.25, -0.2) is 0 Å². The summed E-state index contributed by atoms with van der Waals surface area (Å²) < 4.78 is 1.88. The molecule has 0 saturated heterocycles. The SMILES string of the molecule is CC(C)n1ccc(-c2ncccc2CO)n1. The van der Waals surface area contributed by atoms with Crippen molar-refractivity contribution < 1.29 is 5.11 Å². The second-order valence-electron chi connectivity index (χ2n) is 3.94. The van der Waals surface area contributed by atoms with E-state index in [1.54, 1.807) is 6.20 Å². The Morgan fingerprint density at radius 2 is 2.19 bits per heavy atom. The monoisotopic (exact) mass is 217 g/mol. The van der Waals surface area contributed by atoms with Crippen molar-refractivity contribution in [3.05, 3.63) is 36.2 Å². The first-order valence-electron chi connectivity index (χ1n) is 5.32. The van der Waals surface area contributed by atoms with E-state index in [2.05, 4.69) is 23.9 Å². The van der Waals surface area contributed by atoms with Gasteiger partial charge in [-0.15, -0.1) is 0 Å². The Kier molecular flexibility index (Phi) is 3.01. The van der Waals surface area contributed by atoms with Crippen LogP contribution in [0.1, 0.15) is 25.5 Å². The fraction of sp³-hybridized carbons (Fsp3) is 0.333. The van der Waals surface area contributed by atoms with E-state index < -0.39 is 0 Å². The minimum Gasteiger partial charge on any atom is -0.392 e. The topological polar surface area (TPSA) is 50.9 Å². The van der Waals surface area contributed by atoms with Gasteiger partial charge in [0.25, 0.3) is 0 Å². The summed E-state index contributed by atoms with van der Waals surface area (Å²) in [6.07, 6.45) is 3.64. The Labute approximate surface area is 94.6 Å². The quantitative estimate of drug-likeness (QED) is 0.855. The molecule has 0 aliphatic heterocycles. The van der Waals surface area contributed by atoms with E-state index in [9.17, 15) is 5.11 Å². The molecule has 84 valence electrons. The minimum absolute atomic E-state index is 0.0162.